The Labute approximate surface area is 185 Å². The number of fused-ring (bicyclic) bond motifs is 1. The highest BCUT2D eigenvalue weighted by Crippen LogP contribution is 2.36. The Morgan fingerprint density at radius 3 is 2.87 bits per heavy atom. The van der Waals surface area contributed by atoms with Crippen molar-refractivity contribution in [3.05, 3.63) is 62.7 Å². The normalized spacial score (nSPS) is 16.3. The topological polar surface area (TPSA) is 75.2 Å². The molecule has 0 spiro atoms. The number of nitrogens with one attached hydrogen (secondary N) is 1. The third-order valence-corrected chi connectivity index (χ3v) is 7.83. The number of amides is 2. The molecule has 152 valence electrons. The Balaban J connectivity index is 1.27. The Kier molecular flexibility index (Phi) is 5.32. The second-order valence-corrected chi connectivity index (χ2v) is 9.89. The predicted molar refractivity (Wildman–Crippen MR) is 121 cm³/mol. The number of hydrogen-bond donors (Lipinski definition) is 1. The van der Waals surface area contributed by atoms with E-state index in [1.54, 1.807) is 17.4 Å². The number of para-hydroxylation sites is 1. The lowest BCUT2D eigenvalue weighted by molar-refractivity contribution is -0.131. The molecule has 4 aromatic rings. The summed E-state index contributed by atoms with van der Waals surface area (Å²) in [6.45, 7) is 0.742. The van der Waals surface area contributed by atoms with Crippen LogP contribution in [-0.2, 0) is 11.2 Å². The summed E-state index contributed by atoms with van der Waals surface area (Å²) in [5.74, 6) is -0.120. The van der Waals surface area contributed by atoms with Gasteiger partial charge in [-0.15, -0.1) is 34.0 Å². The van der Waals surface area contributed by atoms with Gasteiger partial charge in [0, 0.05) is 11.9 Å². The summed E-state index contributed by atoms with van der Waals surface area (Å²) in [6, 6.07) is 11.7. The molecule has 9 heteroatoms. The zero-order valence-corrected chi connectivity index (χ0v) is 18.4. The van der Waals surface area contributed by atoms with Gasteiger partial charge in [0.15, 0.2) is 5.13 Å². The molecule has 6 nitrogen and oxygen atoms in total. The highest BCUT2D eigenvalue weighted by atomic mass is 32.1. The van der Waals surface area contributed by atoms with Crippen LogP contribution in [0, 0.1) is 0 Å². The first kappa shape index (κ1) is 19.3. The van der Waals surface area contributed by atoms with Crippen LogP contribution in [0.3, 0.4) is 0 Å². The minimum Gasteiger partial charge on any atom is -0.333 e. The predicted octanol–water partition coefficient (Wildman–Crippen LogP) is 4.97. The number of carbonyl (C=O) groups excluding carboxylic acids is 2. The summed E-state index contributed by atoms with van der Waals surface area (Å²) < 4.78 is 1.15. The van der Waals surface area contributed by atoms with E-state index in [-0.39, 0.29) is 24.3 Å². The molecule has 1 atom stereocenters. The zero-order chi connectivity index (χ0) is 20.5. The number of thiazole rings is 2. The third-order valence-electron chi connectivity index (χ3n) is 5.02. The van der Waals surface area contributed by atoms with Crippen molar-refractivity contribution >= 4 is 61.2 Å². The molecule has 3 aromatic heterocycles. The summed E-state index contributed by atoms with van der Waals surface area (Å²) in [5.41, 5.74) is 1.67. The maximum Gasteiger partial charge on any atom is 0.267 e. The molecule has 1 aliphatic heterocycles. The first-order chi connectivity index (χ1) is 14.7. The van der Waals surface area contributed by atoms with E-state index < -0.39 is 0 Å². The van der Waals surface area contributed by atoms with Crippen LogP contribution in [0.5, 0.6) is 0 Å². The van der Waals surface area contributed by atoms with Gasteiger partial charge in [0.1, 0.15) is 5.01 Å². The van der Waals surface area contributed by atoms with Gasteiger partial charge in [0.05, 0.1) is 33.3 Å². The minimum atomic E-state index is -0.173. The molecule has 30 heavy (non-hydrogen) atoms. The second-order valence-electron chi connectivity index (χ2n) is 7.02. The average molecular weight is 455 g/mol. The molecule has 0 bridgehead atoms. The molecule has 0 saturated carbocycles. The van der Waals surface area contributed by atoms with Crippen LogP contribution >= 0.6 is 34.0 Å². The summed E-state index contributed by atoms with van der Waals surface area (Å²) in [5, 5.41) is 8.02. The van der Waals surface area contributed by atoms with Crippen molar-refractivity contribution < 1.29 is 9.59 Å². The number of likely N-dealkylation sites (tertiary alicyclic amines) is 1. The van der Waals surface area contributed by atoms with Crippen molar-refractivity contribution in [1.29, 1.82) is 0 Å². The van der Waals surface area contributed by atoms with Gasteiger partial charge in [0.25, 0.3) is 5.91 Å². The monoisotopic (exact) mass is 454 g/mol. The van der Waals surface area contributed by atoms with Gasteiger partial charge < -0.3 is 4.90 Å². The Morgan fingerprint density at radius 2 is 2.03 bits per heavy atom. The number of carbonyl (C=O) groups is 2. The SMILES string of the molecule is O=C(Nc1nc(CC(=O)N2CCCC2c2nc3ccccc3s2)cs1)c1cccs1. The van der Waals surface area contributed by atoms with Gasteiger partial charge in [-0.1, -0.05) is 18.2 Å². The molecule has 1 saturated heterocycles. The van der Waals surface area contributed by atoms with E-state index in [0.29, 0.717) is 15.7 Å². The maximum atomic E-state index is 13.0. The quantitative estimate of drug-likeness (QED) is 0.462. The average Bonchev–Trinajstić information content (AvgIpc) is 3.53. The lowest BCUT2D eigenvalue weighted by atomic mass is 10.2. The number of hydrogen-bond acceptors (Lipinski definition) is 7. The molecule has 1 aromatic carbocycles. The number of aromatic nitrogens is 2. The largest absolute Gasteiger partial charge is 0.333 e. The van der Waals surface area contributed by atoms with E-state index in [2.05, 4.69) is 16.4 Å². The fourth-order valence-electron chi connectivity index (χ4n) is 3.62. The summed E-state index contributed by atoms with van der Waals surface area (Å²) in [4.78, 5) is 37.0. The molecule has 1 fully saturated rings. The van der Waals surface area contributed by atoms with E-state index in [1.807, 2.05) is 39.9 Å². The van der Waals surface area contributed by atoms with Crippen molar-refractivity contribution in [2.75, 3.05) is 11.9 Å². The molecular weight excluding hydrogens is 436 g/mol. The van der Waals surface area contributed by atoms with Crippen molar-refractivity contribution in [2.45, 2.75) is 25.3 Å². The number of rotatable bonds is 5. The fraction of sp³-hybridized carbons (Fsp3) is 0.238. The van der Waals surface area contributed by atoms with Gasteiger partial charge in [0.2, 0.25) is 5.91 Å². The van der Waals surface area contributed by atoms with E-state index in [1.165, 1.54) is 22.7 Å². The van der Waals surface area contributed by atoms with Crippen molar-refractivity contribution in [3.63, 3.8) is 0 Å². The summed E-state index contributed by atoms with van der Waals surface area (Å²) in [7, 11) is 0. The van der Waals surface area contributed by atoms with Crippen molar-refractivity contribution in [1.82, 2.24) is 14.9 Å². The molecule has 0 radical (unpaired) electrons. The molecule has 1 aliphatic rings. The lowest BCUT2D eigenvalue weighted by Crippen LogP contribution is -2.31. The Bertz CT molecular complexity index is 1170. The second kappa shape index (κ2) is 8.25. The minimum absolute atomic E-state index is 0.0338. The molecule has 1 N–H and O–H groups in total. The highest BCUT2D eigenvalue weighted by molar-refractivity contribution is 7.18. The summed E-state index contributed by atoms with van der Waals surface area (Å²) >= 11 is 4.39. The number of anilines is 1. The van der Waals surface area contributed by atoms with Crippen LogP contribution in [0.15, 0.2) is 47.2 Å². The molecule has 5 rings (SSSR count). The van der Waals surface area contributed by atoms with E-state index >= 15 is 0 Å². The van der Waals surface area contributed by atoms with Crippen LogP contribution in [0.25, 0.3) is 10.2 Å². The Morgan fingerprint density at radius 1 is 1.13 bits per heavy atom. The van der Waals surface area contributed by atoms with Gasteiger partial charge >= 0.3 is 0 Å². The van der Waals surface area contributed by atoms with E-state index in [4.69, 9.17) is 4.98 Å². The van der Waals surface area contributed by atoms with E-state index in [9.17, 15) is 9.59 Å². The van der Waals surface area contributed by atoms with Gasteiger partial charge in [-0.3, -0.25) is 14.9 Å². The van der Waals surface area contributed by atoms with Gasteiger partial charge in [-0.05, 0) is 36.4 Å². The first-order valence-electron chi connectivity index (χ1n) is 9.61. The standard InChI is InChI=1S/C21H18N4O2S3/c26-18(11-13-12-29-21(22-13)24-19(27)17-8-4-10-28-17)25-9-3-6-15(25)20-23-14-5-1-2-7-16(14)30-20/h1-2,4-5,7-8,10,12,15H,3,6,9,11H2,(H,22,24,27). The number of benzene rings is 1. The maximum absolute atomic E-state index is 13.0. The molecule has 1 unspecified atom stereocenters. The van der Waals surface area contributed by atoms with Gasteiger partial charge in [-0.2, -0.15) is 0 Å². The third kappa shape index (κ3) is 3.88. The number of nitrogens with zero attached hydrogens (tertiary/aromatic N) is 3. The number of thiophene rings is 1. The molecular formula is C21H18N4O2S3. The first-order valence-corrected chi connectivity index (χ1v) is 12.2. The Hall–Kier alpha value is -2.62. The van der Waals surface area contributed by atoms with Crippen molar-refractivity contribution in [2.24, 2.45) is 0 Å². The van der Waals surface area contributed by atoms with Crippen LogP contribution in [0.2, 0.25) is 0 Å². The van der Waals surface area contributed by atoms with Gasteiger partial charge in [-0.25, -0.2) is 9.97 Å². The van der Waals surface area contributed by atoms with Crippen molar-refractivity contribution in [3.8, 4) is 0 Å². The van der Waals surface area contributed by atoms with Crippen LogP contribution in [-0.4, -0.2) is 33.2 Å². The summed E-state index contributed by atoms with van der Waals surface area (Å²) in [6.07, 6.45) is 2.14. The fourth-order valence-corrected chi connectivity index (χ4v) is 6.06. The zero-order valence-electron chi connectivity index (χ0n) is 15.9. The van der Waals surface area contributed by atoms with Crippen LogP contribution < -0.4 is 5.32 Å². The molecule has 2 amide bonds. The highest BCUT2D eigenvalue weighted by Gasteiger charge is 2.32. The molecule has 4 heterocycles. The smallest absolute Gasteiger partial charge is 0.267 e. The molecule has 0 aliphatic carbocycles. The van der Waals surface area contributed by atoms with Crippen LogP contribution in [0.4, 0.5) is 5.13 Å². The van der Waals surface area contributed by atoms with Crippen LogP contribution in [0.1, 0.15) is 39.3 Å². The van der Waals surface area contributed by atoms with E-state index in [0.717, 1.165) is 34.6 Å². The lowest BCUT2D eigenvalue weighted by Gasteiger charge is -2.22.